The van der Waals surface area contributed by atoms with Gasteiger partial charge in [0.2, 0.25) is 0 Å². The molecule has 1 atom stereocenters. The van der Waals surface area contributed by atoms with E-state index < -0.39 is 0 Å². The summed E-state index contributed by atoms with van der Waals surface area (Å²) in [6, 6.07) is 0. The maximum atomic E-state index is 5.39. The van der Waals surface area contributed by atoms with Gasteiger partial charge in [-0.05, 0) is 19.3 Å². The highest BCUT2D eigenvalue weighted by atomic mass is 16.7. The molecule has 1 aliphatic rings. The second-order valence-electron chi connectivity index (χ2n) is 2.70. The zero-order chi connectivity index (χ0) is 8.65. The number of hydrogen-bond acceptors (Lipinski definition) is 3. The van der Waals surface area contributed by atoms with Gasteiger partial charge < -0.3 is 14.2 Å². The van der Waals surface area contributed by atoms with Crippen LogP contribution in [0.5, 0.6) is 0 Å². The molecule has 70 valence electrons. The lowest BCUT2D eigenvalue weighted by Gasteiger charge is -2.22. The highest BCUT2D eigenvalue weighted by Gasteiger charge is 2.13. The number of hydrogen-bond donors (Lipinski definition) is 0. The lowest BCUT2D eigenvalue weighted by Crippen LogP contribution is -2.23. The van der Waals surface area contributed by atoms with Crippen LogP contribution in [0.1, 0.15) is 19.3 Å². The molecule has 0 saturated carbocycles. The first-order chi connectivity index (χ1) is 5.93. The summed E-state index contributed by atoms with van der Waals surface area (Å²) in [5.41, 5.74) is 0. The van der Waals surface area contributed by atoms with Crippen molar-refractivity contribution in [2.75, 3.05) is 19.8 Å². The first-order valence-corrected chi connectivity index (χ1v) is 4.39. The van der Waals surface area contributed by atoms with Gasteiger partial charge >= 0.3 is 0 Å². The lowest BCUT2D eigenvalue weighted by molar-refractivity contribution is -0.166. The molecule has 12 heavy (non-hydrogen) atoms. The molecule has 1 rings (SSSR count). The van der Waals surface area contributed by atoms with E-state index >= 15 is 0 Å². The second kappa shape index (κ2) is 6.03. The summed E-state index contributed by atoms with van der Waals surface area (Å²) in [6.07, 6.45) is 4.78. The summed E-state index contributed by atoms with van der Waals surface area (Å²) < 4.78 is 15.7. The van der Waals surface area contributed by atoms with Gasteiger partial charge in [-0.25, -0.2) is 0 Å². The summed E-state index contributed by atoms with van der Waals surface area (Å²) in [5.74, 6) is 0. The molecule has 3 heteroatoms. The molecule has 1 saturated heterocycles. The maximum Gasteiger partial charge on any atom is 0.157 e. The Morgan fingerprint density at radius 1 is 1.42 bits per heavy atom. The van der Waals surface area contributed by atoms with Gasteiger partial charge in [-0.3, -0.25) is 0 Å². The molecular formula is C9H16O3. The molecule has 0 aromatic carbocycles. The third-order valence-electron chi connectivity index (χ3n) is 1.76. The molecule has 0 bridgehead atoms. The zero-order valence-electron chi connectivity index (χ0n) is 7.33. The van der Waals surface area contributed by atoms with E-state index in [4.69, 9.17) is 14.2 Å². The van der Waals surface area contributed by atoms with E-state index in [-0.39, 0.29) is 6.29 Å². The molecule has 1 aliphatic heterocycles. The van der Waals surface area contributed by atoms with Crippen molar-refractivity contribution in [2.45, 2.75) is 25.6 Å². The van der Waals surface area contributed by atoms with Crippen molar-refractivity contribution >= 4 is 0 Å². The molecule has 3 nitrogen and oxygen atoms in total. The normalized spacial score (nSPS) is 23.5. The predicted molar refractivity (Wildman–Crippen MR) is 45.7 cm³/mol. The average Bonchev–Trinajstić information content (AvgIpc) is 2.14. The van der Waals surface area contributed by atoms with E-state index in [9.17, 15) is 0 Å². The Balaban J connectivity index is 1.94. The van der Waals surface area contributed by atoms with Gasteiger partial charge in [-0.15, -0.1) is 0 Å². The van der Waals surface area contributed by atoms with Crippen molar-refractivity contribution in [3.8, 4) is 0 Å². The topological polar surface area (TPSA) is 27.7 Å². The van der Waals surface area contributed by atoms with Crippen molar-refractivity contribution in [1.82, 2.24) is 0 Å². The highest BCUT2D eigenvalue weighted by Crippen LogP contribution is 2.13. The second-order valence-corrected chi connectivity index (χ2v) is 2.70. The first-order valence-electron chi connectivity index (χ1n) is 4.39. The predicted octanol–water partition coefficient (Wildman–Crippen LogP) is 1.69. The Kier molecular flexibility index (Phi) is 4.80. The maximum absolute atomic E-state index is 5.39. The van der Waals surface area contributed by atoms with E-state index in [1.54, 1.807) is 0 Å². The largest absolute Gasteiger partial charge is 0.499 e. The minimum absolute atomic E-state index is 0.00725. The van der Waals surface area contributed by atoms with Crippen molar-refractivity contribution < 1.29 is 14.2 Å². The fraction of sp³-hybridized carbons (Fsp3) is 0.778. The minimum atomic E-state index is -0.00725. The molecular weight excluding hydrogens is 156 g/mol. The third kappa shape index (κ3) is 3.74. The fourth-order valence-electron chi connectivity index (χ4n) is 1.15. The molecule has 1 unspecified atom stereocenters. The Hall–Kier alpha value is -0.540. The van der Waals surface area contributed by atoms with Crippen LogP contribution in [0.4, 0.5) is 0 Å². The van der Waals surface area contributed by atoms with E-state index in [1.165, 1.54) is 12.7 Å². The summed E-state index contributed by atoms with van der Waals surface area (Å²) >= 11 is 0. The van der Waals surface area contributed by atoms with Crippen LogP contribution >= 0.6 is 0 Å². The van der Waals surface area contributed by atoms with Gasteiger partial charge in [0.1, 0.15) is 6.61 Å². The summed E-state index contributed by atoms with van der Waals surface area (Å²) in [7, 11) is 0. The molecule has 0 radical (unpaired) electrons. The van der Waals surface area contributed by atoms with Gasteiger partial charge in [-0.1, -0.05) is 6.58 Å². The summed E-state index contributed by atoms with van der Waals surface area (Å²) in [6.45, 7) is 5.40. The van der Waals surface area contributed by atoms with E-state index in [0.717, 1.165) is 19.4 Å². The zero-order valence-corrected chi connectivity index (χ0v) is 7.33. The quantitative estimate of drug-likeness (QED) is 0.466. The Morgan fingerprint density at radius 3 is 3.00 bits per heavy atom. The Labute approximate surface area is 73.3 Å². The summed E-state index contributed by atoms with van der Waals surface area (Å²) in [5, 5.41) is 0. The molecule has 1 fully saturated rings. The van der Waals surface area contributed by atoms with E-state index in [2.05, 4.69) is 6.58 Å². The standard InChI is InChI=1S/C9H16O3/c1-2-10-7-8-12-9-5-3-4-6-11-9/h2,9H,1,3-8H2. The Bertz CT molecular complexity index is 119. The lowest BCUT2D eigenvalue weighted by atomic mass is 10.2. The van der Waals surface area contributed by atoms with Crippen molar-refractivity contribution in [3.63, 3.8) is 0 Å². The van der Waals surface area contributed by atoms with Crippen molar-refractivity contribution in [2.24, 2.45) is 0 Å². The van der Waals surface area contributed by atoms with Crippen LogP contribution in [0.25, 0.3) is 0 Å². The van der Waals surface area contributed by atoms with Crippen LogP contribution in [0.2, 0.25) is 0 Å². The molecule has 1 heterocycles. The third-order valence-corrected chi connectivity index (χ3v) is 1.76. The molecule has 0 N–H and O–H groups in total. The smallest absolute Gasteiger partial charge is 0.157 e. The number of ether oxygens (including phenoxy) is 3. The van der Waals surface area contributed by atoms with Crippen LogP contribution in [0.3, 0.4) is 0 Å². The number of rotatable bonds is 5. The molecule has 0 aliphatic carbocycles. The Morgan fingerprint density at radius 2 is 2.33 bits per heavy atom. The molecule has 0 aromatic heterocycles. The average molecular weight is 172 g/mol. The summed E-state index contributed by atoms with van der Waals surface area (Å²) in [4.78, 5) is 0. The van der Waals surface area contributed by atoms with E-state index in [0.29, 0.717) is 13.2 Å². The van der Waals surface area contributed by atoms with Gasteiger partial charge in [0.15, 0.2) is 6.29 Å². The van der Waals surface area contributed by atoms with Crippen LogP contribution in [-0.4, -0.2) is 26.1 Å². The van der Waals surface area contributed by atoms with Crippen LogP contribution < -0.4 is 0 Å². The van der Waals surface area contributed by atoms with E-state index in [1.807, 2.05) is 0 Å². The van der Waals surface area contributed by atoms with Gasteiger partial charge in [-0.2, -0.15) is 0 Å². The molecule has 0 amide bonds. The first kappa shape index (κ1) is 9.55. The highest BCUT2D eigenvalue weighted by molar-refractivity contribution is 4.54. The van der Waals surface area contributed by atoms with Gasteiger partial charge in [0.05, 0.1) is 12.9 Å². The SMILES string of the molecule is C=COCCOC1CCCCO1. The van der Waals surface area contributed by atoms with Crippen molar-refractivity contribution in [1.29, 1.82) is 0 Å². The van der Waals surface area contributed by atoms with Gasteiger partial charge in [0, 0.05) is 6.61 Å². The van der Waals surface area contributed by atoms with Crippen LogP contribution in [0.15, 0.2) is 12.8 Å². The van der Waals surface area contributed by atoms with Crippen LogP contribution in [0, 0.1) is 0 Å². The molecule has 0 aromatic rings. The fourth-order valence-corrected chi connectivity index (χ4v) is 1.15. The van der Waals surface area contributed by atoms with Crippen molar-refractivity contribution in [3.05, 3.63) is 12.8 Å². The molecule has 0 spiro atoms. The minimum Gasteiger partial charge on any atom is -0.499 e. The van der Waals surface area contributed by atoms with Crippen LogP contribution in [-0.2, 0) is 14.2 Å². The monoisotopic (exact) mass is 172 g/mol. The van der Waals surface area contributed by atoms with Gasteiger partial charge in [0.25, 0.3) is 0 Å².